The van der Waals surface area contributed by atoms with Crippen LogP contribution in [0.4, 0.5) is 0 Å². The number of nitrogens with zero attached hydrogens (tertiary/aromatic N) is 1. The number of rotatable bonds is 4. The zero-order valence-electron chi connectivity index (χ0n) is 15.5. The van der Waals surface area contributed by atoms with Crippen molar-refractivity contribution >= 4 is 11.8 Å². The van der Waals surface area contributed by atoms with Gasteiger partial charge in [0, 0.05) is 12.5 Å². The first-order valence-electron chi connectivity index (χ1n) is 9.70. The second-order valence-corrected chi connectivity index (χ2v) is 7.79. The maximum atomic E-state index is 13.1. The molecular weight excluding hydrogens is 312 g/mol. The maximum Gasteiger partial charge on any atom is 0.245 e. The summed E-state index contributed by atoms with van der Waals surface area (Å²) in [6.45, 7) is 3.96. The Morgan fingerprint density at radius 1 is 1.16 bits per heavy atom. The van der Waals surface area contributed by atoms with Crippen molar-refractivity contribution in [3.8, 4) is 0 Å². The van der Waals surface area contributed by atoms with Crippen LogP contribution in [0.2, 0.25) is 0 Å². The SMILES string of the molecule is C[C@@H](c1ccccc1)N1C(=O)CC[C@@]1(C)C(=O)NC1CCCCCC1. The van der Waals surface area contributed by atoms with Crippen LogP contribution in [0.1, 0.15) is 76.8 Å². The van der Waals surface area contributed by atoms with E-state index >= 15 is 0 Å². The van der Waals surface area contributed by atoms with E-state index < -0.39 is 5.54 Å². The molecule has 1 saturated carbocycles. The highest BCUT2D eigenvalue weighted by atomic mass is 16.2. The fraction of sp³-hybridized carbons (Fsp3) is 0.619. The third-order valence-electron chi connectivity index (χ3n) is 5.97. The Labute approximate surface area is 151 Å². The van der Waals surface area contributed by atoms with Gasteiger partial charge in [0.25, 0.3) is 0 Å². The van der Waals surface area contributed by atoms with E-state index in [9.17, 15) is 9.59 Å². The molecule has 0 bridgehead atoms. The predicted octanol–water partition coefficient (Wildman–Crippen LogP) is 3.97. The van der Waals surface area contributed by atoms with Crippen molar-refractivity contribution in [1.82, 2.24) is 10.2 Å². The number of nitrogens with one attached hydrogen (secondary N) is 1. The number of hydrogen-bond acceptors (Lipinski definition) is 2. The summed E-state index contributed by atoms with van der Waals surface area (Å²) in [6, 6.07) is 10.2. The summed E-state index contributed by atoms with van der Waals surface area (Å²) in [5.41, 5.74) is 0.324. The Balaban J connectivity index is 1.77. The van der Waals surface area contributed by atoms with Crippen LogP contribution < -0.4 is 5.32 Å². The van der Waals surface area contributed by atoms with Crippen molar-refractivity contribution in [2.75, 3.05) is 0 Å². The van der Waals surface area contributed by atoms with E-state index in [2.05, 4.69) is 5.32 Å². The van der Waals surface area contributed by atoms with Crippen LogP contribution >= 0.6 is 0 Å². The third-order valence-corrected chi connectivity index (χ3v) is 5.97. The van der Waals surface area contributed by atoms with Gasteiger partial charge in [-0.25, -0.2) is 0 Å². The van der Waals surface area contributed by atoms with Gasteiger partial charge in [0.1, 0.15) is 5.54 Å². The molecule has 2 amide bonds. The molecule has 0 spiro atoms. The highest BCUT2D eigenvalue weighted by molar-refractivity contribution is 5.94. The molecule has 1 saturated heterocycles. The quantitative estimate of drug-likeness (QED) is 0.842. The molecule has 4 heteroatoms. The molecule has 1 aromatic rings. The van der Waals surface area contributed by atoms with Crippen molar-refractivity contribution in [3.63, 3.8) is 0 Å². The molecule has 4 nitrogen and oxygen atoms in total. The molecule has 25 heavy (non-hydrogen) atoms. The lowest BCUT2D eigenvalue weighted by atomic mass is 9.93. The Morgan fingerprint density at radius 2 is 1.80 bits per heavy atom. The van der Waals surface area contributed by atoms with E-state index in [1.54, 1.807) is 0 Å². The molecule has 1 aromatic carbocycles. The molecule has 0 unspecified atom stereocenters. The van der Waals surface area contributed by atoms with Crippen LogP contribution in [-0.2, 0) is 9.59 Å². The summed E-state index contributed by atoms with van der Waals surface area (Å²) < 4.78 is 0. The Morgan fingerprint density at radius 3 is 2.44 bits per heavy atom. The van der Waals surface area contributed by atoms with Crippen LogP contribution in [0.3, 0.4) is 0 Å². The molecule has 2 fully saturated rings. The number of amides is 2. The molecule has 0 aromatic heterocycles. The average Bonchev–Trinajstić information content (AvgIpc) is 2.79. The van der Waals surface area contributed by atoms with E-state index in [0.29, 0.717) is 12.8 Å². The van der Waals surface area contributed by atoms with Gasteiger partial charge in [0.15, 0.2) is 0 Å². The van der Waals surface area contributed by atoms with Gasteiger partial charge in [-0.1, -0.05) is 56.0 Å². The molecule has 1 N–H and O–H groups in total. The lowest BCUT2D eigenvalue weighted by molar-refractivity contribution is -0.143. The smallest absolute Gasteiger partial charge is 0.245 e. The second-order valence-electron chi connectivity index (χ2n) is 7.79. The summed E-state index contributed by atoms with van der Waals surface area (Å²) in [5.74, 6) is 0.0999. The van der Waals surface area contributed by atoms with E-state index in [0.717, 1.165) is 18.4 Å². The topological polar surface area (TPSA) is 49.4 Å². The van der Waals surface area contributed by atoms with Crippen molar-refractivity contribution in [2.24, 2.45) is 0 Å². The van der Waals surface area contributed by atoms with Crippen LogP contribution in [-0.4, -0.2) is 28.3 Å². The number of carbonyl (C=O) groups excluding carboxylic acids is 2. The average molecular weight is 342 g/mol. The fourth-order valence-electron chi connectivity index (χ4n) is 4.38. The van der Waals surface area contributed by atoms with Gasteiger partial charge >= 0.3 is 0 Å². The zero-order valence-corrected chi connectivity index (χ0v) is 15.5. The molecular formula is C21H30N2O2. The van der Waals surface area contributed by atoms with E-state index in [-0.39, 0.29) is 23.9 Å². The third kappa shape index (κ3) is 3.73. The summed E-state index contributed by atoms with van der Waals surface area (Å²) in [7, 11) is 0. The van der Waals surface area contributed by atoms with Crippen molar-refractivity contribution in [2.45, 2.75) is 82.8 Å². The van der Waals surface area contributed by atoms with Gasteiger partial charge in [0.2, 0.25) is 11.8 Å². The molecule has 2 atom stereocenters. The molecule has 1 heterocycles. The van der Waals surface area contributed by atoms with Crippen LogP contribution in [0.5, 0.6) is 0 Å². The van der Waals surface area contributed by atoms with Crippen LogP contribution in [0, 0.1) is 0 Å². The minimum absolute atomic E-state index is 0.0213. The lowest BCUT2D eigenvalue weighted by Crippen LogP contribution is -2.56. The Hall–Kier alpha value is -1.84. The normalized spacial score (nSPS) is 26.3. The first-order chi connectivity index (χ1) is 12.0. The first-order valence-corrected chi connectivity index (χ1v) is 9.70. The first kappa shape index (κ1) is 18.0. The Kier molecular flexibility index (Phi) is 5.45. The van der Waals surface area contributed by atoms with Gasteiger partial charge in [-0.3, -0.25) is 9.59 Å². The minimum Gasteiger partial charge on any atom is -0.351 e. The van der Waals surface area contributed by atoms with E-state index in [1.807, 2.05) is 49.1 Å². The minimum atomic E-state index is -0.751. The largest absolute Gasteiger partial charge is 0.351 e. The highest BCUT2D eigenvalue weighted by Gasteiger charge is 2.49. The Bertz CT molecular complexity index is 608. The fourth-order valence-corrected chi connectivity index (χ4v) is 4.38. The van der Waals surface area contributed by atoms with Crippen molar-refractivity contribution in [1.29, 1.82) is 0 Å². The number of carbonyl (C=O) groups is 2. The standard InChI is InChI=1S/C21H30N2O2/c1-16(17-10-6-5-7-11-17)23-19(24)14-15-21(23,2)20(25)22-18-12-8-3-4-9-13-18/h5-7,10-11,16,18H,3-4,8-9,12-15H2,1-2H3,(H,22,25)/t16-,21-/m0/s1. The van der Waals surface area contributed by atoms with E-state index in [1.165, 1.54) is 25.7 Å². The molecule has 136 valence electrons. The summed E-state index contributed by atoms with van der Waals surface area (Å²) in [4.78, 5) is 27.6. The molecule has 1 aliphatic carbocycles. The van der Waals surface area contributed by atoms with Crippen LogP contribution in [0.15, 0.2) is 30.3 Å². The molecule has 2 aliphatic rings. The summed E-state index contributed by atoms with van der Waals surface area (Å²) in [6.07, 6.45) is 8.06. The highest BCUT2D eigenvalue weighted by Crippen LogP contribution is 2.38. The molecule has 3 rings (SSSR count). The van der Waals surface area contributed by atoms with Crippen LogP contribution in [0.25, 0.3) is 0 Å². The van der Waals surface area contributed by atoms with Gasteiger partial charge in [-0.05, 0) is 38.7 Å². The van der Waals surface area contributed by atoms with Gasteiger partial charge in [-0.15, -0.1) is 0 Å². The van der Waals surface area contributed by atoms with Crippen molar-refractivity contribution in [3.05, 3.63) is 35.9 Å². The monoisotopic (exact) mass is 342 g/mol. The van der Waals surface area contributed by atoms with Gasteiger partial charge in [-0.2, -0.15) is 0 Å². The summed E-state index contributed by atoms with van der Waals surface area (Å²) in [5, 5.41) is 3.27. The second kappa shape index (κ2) is 7.59. The van der Waals surface area contributed by atoms with Gasteiger partial charge in [0.05, 0.1) is 6.04 Å². The molecule has 1 aliphatic heterocycles. The number of benzene rings is 1. The van der Waals surface area contributed by atoms with E-state index in [4.69, 9.17) is 0 Å². The number of hydrogen-bond donors (Lipinski definition) is 1. The summed E-state index contributed by atoms with van der Waals surface area (Å²) >= 11 is 0. The van der Waals surface area contributed by atoms with Gasteiger partial charge < -0.3 is 10.2 Å². The predicted molar refractivity (Wildman–Crippen MR) is 99.0 cm³/mol. The maximum absolute atomic E-state index is 13.1. The van der Waals surface area contributed by atoms with Crippen molar-refractivity contribution < 1.29 is 9.59 Å². The zero-order chi connectivity index (χ0) is 17.9. The lowest BCUT2D eigenvalue weighted by Gasteiger charge is -2.39. The number of likely N-dealkylation sites (tertiary alicyclic amines) is 1. The molecule has 0 radical (unpaired) electrons.